The lowest BCUT2D eigenvalue weighted by molar-refractivity contribution is -0.0496. The third-order valence-corrected chi connectivity index (χ3v) is 7.00. The Hall–Kier alpha value is -1.72. The van der Waals surface area contributed by atoms with Crippen LogP contribution in [0.3, 0.4) is 0 Å². The fourth-order valence-electron chi connectivity index (χ4n) is 3.36. The minimum Gasteiger partial charge on any atom is -0.479 e. The van der Waals surface area contributed by atoms with E-state index in [0.717, 1.165) is 8.66 Å². The largest absolute Gasteiger partial charge is 0.479 e. The summed E-state index contributed by atoms with van der Waals surface area (Å²) in [5, 5.41) is 5.37. The molecule has 1 aliphatic rings. The molecule has 1 atom stereocenters. The maximum absolute atomic E-state index is 13.0. The van der Waals surface area contributed by atoms with Crippen molar-refractivity contribution in [3.63, 3.8) is 0 Å². The van der Waals surface area contributed by atoms with Crippen molar-refractivity contribution in [1.29, 1.82) is 0 Å². The van der Waals surface area contributed by atoms with E-state index in [0.29, 0.717) is 28.0 Å². The summed E-state index contributed by atoms with van der Waals surface area (Å²) in [6.07, 6.45) is -0.595. The van der Waals surface area contributed by atoms with Crippen molar-refractivity contribution in [2.24, 2.45) is 5.14 Å². The van der Waals surface area contributed by atoms with Gasteiger partial charge in [0.05, 0.1) is 20.0 Å². The number of nitrogens with two attached hydrogens (primary N) is 1. The highest BCUT2D eigenvalue weighted by molar-refractivity contribution is 9.11. The van der Waals surface area contributed by atoms with E-state index in [4.69, 9.17) is 21.5 Å². The summed E-state index contributed by atoms with van der Waals surface area (Å²) in [5.41, 5.74) is 1.97. The van der Waals surface area contributed by atoms with Gasteiger partial charge in [-0.1, -0.05) is 29.8 Å². The van der Waals surface area contributed by atoms with Gasteiger partial charge in [0.15, 0.2) is 6.10 Å². The Morgan fingerprint density at radius 1 is 1.23 bits per heavy atom. The van der Waals surface area contributed by atoms with E-state index in [1.165, 1.54) is 23.5 Å². The molecular formula is C19H13BrClF2NO4S2. The molecule has 3 aromatic rings. The van der Waals surface area contributed by atoms with Gasteiger partial charge in [0.2, 0.25) is 10.0 Å². The number of halogens is 4. The highest BCUT2D eigenvalue weighted by Crippen LogP contribution is 2.51. The summed E-state index contributed by atoms with van der Waals surface area (Å²) in [6.45, 7) is -3.05. The first-order valence-electron chi connectivity index (χ1n) is 8.44. The Balaban J connectivity index is 1.93. The summed E-state index contributed by atoms with van der Waals surface area (Å²) in [6, 6.07) is 11.4. The molecule has 0 fully saturated rings. The van der Waals surface area contributed by atoms with Gasteiger partial charge in [-0.3, -0.25) is 0 Å². The van der Waals surface area contributed by atoms with E-state index in [1.807, 2.05) is 12.1 Å². The van der Waals surface area contributed by atoms with E-state index in [1.54, 1.807) is 18.2 Å². The Kier molecular flexibility index (Phi) is 5.80. The molecule has 1 unspecified atom stereocenters. The molecule has 158 valence electrons. The minimum absolute atomic E-state index is 0.126. The molecular weight excluding hydrogens is 524 g/mol. The van der Waals surface area contributed by atoms with Crippen LogP contribution in [0.4, 0.5) is 8.78 Å². The molecule has 5 nitrogen and oxygen atoms in total. The van der Waals surface area contributed by atoms with Crippen molar-refractivity contribution < 1.29 is 26.7 Å². The van der Waals surface area contributed by atoms with Gasteiger partial charge in [-0.25, -0.2) is 13.6 Å². The molecule has 1 aromatic heterocycles. The maximum atomic E-state index is 13.0. The van der Waals surface area contributed by atoms with Crippen LogP contribution < -0.4 is 14.6 Å². The van der Waals surface area contributed by atoms with Gasteiger partial charge in [-0.2, -0.15) is 8.78 Å². The van der Waals surface area contributed by atoms with Gasteiger partial charge in [-0.15, -0.1) is 11.3 Å². The fourth-order valence-corrected chi connectivity index (χ4v) is 5.67. The standard InChI is InChI=1S/C19H13BrClF2NO4S2/c20-16-4-3-15(29-16)18-12-5-9(8-30(24,25)26)1-2-11(12)17-13(27-18)6-10(21)7-14(17)28-19(22)23/h1-7,18-19H,8H2,(H2,24,25,26). The molecule has 11 heteroatoms. The highest BCUT2D eigenvalue weighted by Gasteiger charge is 2.32. The van der Waals surface area contributed by atoms with Crippen molar-refractivity contribution in [1.82, 2.24) is 0 Å². The zero-order valence-corrected chi connectivity index (χ0v) is 18.9. The summed E-state index contributed by atoms with van der Waals surface area (Å²) >= 11 is 11.0. The molecule has 4 rings (SSSR count). The van der Waals surface area contributed by atoms with Gasteiger partial charge in [-0.05, 0) is 51.3 Å². The number of hydrogen-bond donors (Lipinski definition) is 1. The number of sulfonamides is 1. The number of benzene rings is 2. The average molecular weight is 537 g/mol. The molecule has 0 spiro atoms. The Bertz CT molecular complexity index is 1230. The molecule has 0 amide bonds. The van der Waals surface area contributed by atoms with Crippen molar-refractivity contribution in [3.05, 3.63) is 67.3 Å². The lowest BCUT2D eigenvalue weighted by atomic mass is 9.90. The van der Waals surface area contributed by atoms with Crippen LogP contribution in [0, 0.1) is 0 Å². The molecule has 0 radical (unpaired) electrons. The number of thiophene rings is 1. The molecule has 2 N–H and O–H groups in total. The second-order valence-corrected chi connectivity index (χ2v) is 11.1. The quantitative estimate of drug-likeness (QED) is 0.454. The number of ether oxygens (including phenoxy) is 2. The van der Waals surface area contributed by atoms with Gasteiger partial charge < -0.3 is 9.47 Å². The molecule has 2 aromatic carbocycles. The first-order chi connectivity index (χ1) is 14.1. The first kappa shape index (κ1) is 21.5. The molecule has 0 saturated heterocycles. The summed E-state index contributed by atoms with van der Waals surface area (Å²) in [7, 11) is -3.76. The monoisotopic (exact) mass is 535 g/mol. The van der Waals surface area contributed by atoms with Gasteiger partial charge in [0.25, 0.3) is 0 Å². The van der Waals surface area contributed by atoms with Crippen LogP contribution in [-0.2, 0) is 15.8 Å². The zero-order valence-electron chi connectivity index (χ0n) is 14.9. The highest BCUT2D eigenvalue weighted by atomic mass is 79.9. The second kappa shape index (κ2) is 8.08. The third kappa shape index (κ3) is 4.47. The van der Waals surface area contributed by atoms with Crippen LogP contribution in [-0.4, -0.2) is 15.0 Å². The van der Waals surface area contributed by atoms with E-state index in [-0.39, 0.29) is 16.5 Å². The van der Waals surface area contributed by atoms with Crippen molar-refractivity contribution in [2.75, 3.05) is 0 Å². The molecule has 2 heterocycles. The second-order valence-electron chi connectivity index (χ2n) is 6.52. The summed E-state index contributed by atoms with van der Waals surface area (Å²) < 4.78 is 60.8. The van der Waals surface area contributed by atoms with Crippen LogP contribution in [0.25, 0.3) is 11.1 Å². The van der Waals surface area contributed by atoms with E-state index in [9.17, 15) is 17.2 Å². The SMILES string of the molecule is NS(=O)(=O)Cc1ccc2c(c1)C(c1ccc(Br)s1)Oc1cc(Cl)cc(OC(F)F)c1-2. The minimum atomic E-state index is -3.76. The van der Waals surface area contributed by atoms with Crippen LogP contribution in [0.15, 0.2) is 46.3 Å². The van der Waals surface area contributed by atoms with E-state index < -0.39 is 22.7 Å². The van der Waals surface area contributed by atoms with Crippen molar-refractivity contribution in [3.8, 4) is 22.6 Å². The average Bonchev–Trinajstić information content (AvgIpc) is 3.04. The molecule has 0 aliphatic carbocycles. The van der Waals surface area contributed by atoms with E-state index in [2.05, 4.69) is 20.7 Å². The lowest BCUT2D eigenvalue weighted by Gasteiger charge is -2.30. The topological polar surface area (TPSA) is 78.6 Å². The summed E-state index contributed by atoms with van der Waals surface area (Å²) in [4.78, 5) is 0.831. The molecule has 0 bridgehead atoms. The van der Waals surface area contributed by atoms with Gasteiger partial charge in [0.1, 0.15) is 11.5 Å². The molecule has 30 heavy (non-hydrogen) atoms. The lowest BCUT2D eigenvalue weighted by Crippen LogP contribution is -2.18. The van der Waals surface area contributed by atoms with Crippen molar-refractivity contribution >= 4 is 48.9 Å². The van der Waals surface area contributed by atoms with Crippen LogP contribution in [0.5, 0.6) is 11.5 Å². The zero-order chi connectivity index (χ0) is 21.6. The molecule has 1 aliphatic heterocycles. The van der Waals surface area contributed by atoms with Crippen LogP contribution >= 0.6 is 38.9 Å². The number of alkyl halides is 2. The van der Waals surface area contributed by atoms with E-state index >= 15 is 0 Å². The predicted octanol–water partition coefficient (Wildman–Crippen LogP) is 5.70. The number of primary sulfonamides is 1. The summed E-state index contributed by atoms with van der Waals surface area (Å²) in [5.74, 6) is -0.201. The third-order valence-electron chi connectivity index (χ3n) is 4.38. The smallest absolute Gasteiger partial charge is 0.387 e. The Morgan fingerprint density at radius 2 is 2.00 bits per heavy atom. The molecule has 0 saturated carbocycles. The van der Waals surface area contributed by atoms with Crippen LogP contribution in [0.1, 0.15) is 22.1 Å². The first-order valence-corrected chi connectivity index (χ1v) is 12.1. The number of fused-ring (bicyclic) bond motifs is 3. The predicted molar refractivity (Wildman–Crippen MR) is 115 cm³/mol. The Morgan fingerprint density at radius 3 is 2.63 bits per heavy atom. The number of rotatable bonds is 5. The fraction of sp³-hybridized carbons (Fsp3) is 0.158. The normalized spacial score (nSPS) is 15.5. The van der Waals surface area contributed by atoms with Crippen LogP contribution in [0.2, 0.25) is 5.02 Å². The number of hydrogen-bond acceptors (Lipinski definition) is 5. The van der Waals surface area contributed by atoms with Crippen molar-refractivity contribution in [2.45, 2.75) is 18.5 Å². The Labute approximate surface area is 188 Å². The van der Waals surface area contributed by atoms with Gasteiger partial charge in [0, 0.05) is 10.6 Å². The maximum Gasteiger partial charge on any atom is 0.387 e. The van der Waals surface area contributed by atoms with Gasteiger partial charge >= 0.3 is 6.61 Å².